The van der Waals surface area contributed by atoms with Gasteiger partial charge in [0.15, 0.2) is 0 Å². The molecule has 0 aliphatic heterocycles. The highest BCUT2D eigenvalue weighted by Crippen LogP contribution is 2.30. The van der Waals surface area contributed by atoms with Crippen molar-refractivity contribution in [2.24, 2.45) is 7.05 Å². The van der Waals surface area contributed by atoms with Crippen LogP contribution >= 0.6 is 0 Å². The summed E-state index contributed by atoms with van der Waals surface area (Å²) in [5.41, 5.74) is 7.16. The van der Waals surface area contributed by atoms with E-state index in [9.17, 15) is 5.26 Å². The van der Waals surface area contributed by atoms with Crippen LogP contribution in [0.3, 0.4) is 0 Å². The highest BCUT2D eigenvalue weighted by molar-refractivity contribution is 6.04. The van der Waals surface area contributed by atoms with E-state index >= 15 is 0 Å². The second-order valence-corrected chi connectivity index (χ2v) is 7.64. The Morgan fingerprint density at radius 2 is 1.81 bits per heavy atom. The Morgan fingerprint density at radius 1 is 1.00 bits per heavy atom. The van der Waals surface area contributed by atoms with Crippen LogP contribution in [0.2, 0.25) is 0 Å². The third-order valence-electron chi connectivity index (χ3n) is 5.79. The Balaban J connectivity index is 1.85. The molecule has 0 saturated carbocycles. The number of hydrogen-bond acceptors (Lipinski definition) is 5. The molecule has 3 heterocycles. The largest absolute Gasteiger partial charge is 0.481 e. The van der Waals surface area contributed by atoms with Gasteiger partial charge < -0.3 is 9.30 Å². The van der Waals surface area contributed by atoms with Crippen LogP contribution in [0.25, 0.3) is 38.8 Å². The minimum Gasteiger partial charge on any atom is -0.481 e. The number of pyridine rings is 2. The Labute approximate surface area is 184 Å². The van der Waals surface area contributed by atoms with Gasteiger partial charge in [0.05, 0.1) is 47.2 Å². The average molecular weight is 420 g/mol. The molecule has 2 aromatic carbocycles. The Bertz CT molecular complexity index is 1600. The second-order valence-electron chi connectivity index (χ2n) is 7.64. The molecule has 0 fully saturated rings. The SMILES string of the molecule is COc1ccc(-c2ccc3ncc4c(c3c2)n(-c2cc(C#N)ccc2C)c(=N)n4C)cn1. The van der Waals surface area contributed by atoms with Crippen LogP contribution in [0, 0.1) is 23.7 Å². The van der Waals surface area contributed by atoms with Crippen LogP contribution in [-0.2, 0) is 7.05 Å². The number of imidazole rings is 1. The highest BCUT2D eigenvalue weighted by atomic mass is 16.5. The molecular formula is C25H20N6O. The zero-order valence-electron chi connectivity index (χ0n) is 17.9. The number of benzene rings is 2. The number of aromatic nitrogens is 4. The summed E-state index contributed by atoms with van der Waals surface area (Å²) in [7, 11) is 3.45. The van der Waals surface area contributed by atoms with E-state index in [0.717, 1.165) is 44.3 Å². The number of hydrogen-bond donors (Lipinski definition) is 1. The van der Waals surface area contributed by atoms with Gasteiger partial charge in [-0.05, 0) is 48.4 Å². The summed E-state index contributed by atoms with van der Waals surface area (Å²) in [6, 6.07) is 17.6. The quantitative estimate of drug-likeness (QED) is 0.472. The molecule has 7 heteroatoms. The molecule has 32 heavy (non-hydrogen) atoms. The van der Waals surface area contributed by atoms with Crippen molar-refractivity contribution in [1.29, 1.82) is 10.7 Å². The van der Waals surface area contributed by atoms with E-state index in [1.165, 1.54) is 0 Å². The van der Waals surface area contributed by atoms with Gasteiger partial charge >= 0.3 is 0 Å². The number of ether oxygens (including phenoxy) is 1. The van der Waals surface area contributed by atoms with Crippen molar-refractivity contribution in [3.63, 3.8) is 0 Å². The fourth-order valence-corrected chi connectivity index (χ4v) is 4.02. The Hall–Kier alpha value is -4.44. The van der Waals surface area contributed by atoms with E-state index in [0.29, 0.717) is 17.1 Å². The smallest absolute Gasteiger partial charge is 0.212 e. The minimum atomic E-state index is 0.309. The monoisotopic (exact) mass is 420 g/mol. The molecule has 0 aliphatic carbocycles. The van der Waals surface area contributed by atoms with Crippen molar-refractivity contribution in [1.82, 2.24) is 19.1 Å². The van der Waals surface area contributed by atoms with Gasteiger partial charge in [-0.2, -0.15) is 5.26 Å². The molecular weight excluding hydrogens is 400 g/mol. The zero-order chi connectivity index (χ0) is 22.4. The van der Waals surface area contributed by atoms with Gasteiger partial charge in [-0.25, -0.2) is 4.98 Å². The molecule has 0 amide bonds. The molecule has 1 N–H and O–H groups in total. The topological polar surface area (TPSA) is 92.5 Å². The molecule has 0 saturated heterocycles. The van der Waals surface area contributed by atoms with E-state index in [-0.39, 0.29) is 0 Å². The Kier molecular flexibility index (Phi) is 4.49. The number of nitrogens with one attached hydrogen (secondary N) is 1. The van der Waals surface area contributed by atoms with Crippen molar-refractivity contribution in [3.8, 4) is 28.8 Å². The van der Waals surface area contributed by atoms with Gasteiger partial charge in [-0.3, -0.25) is 15.0 Å². The predicted molar refractivity (Wildman–Crippen MR) is 123 cm³/mol. The normalized spacial score (nSPS) is 11.1. The maximum absolute atomic E-state index is 9.42. The number of nitriles is 1. The highest BCUT2D eigenvalue weighted by Gasteiger charge is 2.17. The first-order chi connectivity index (χ1) is 15.5. The van der Waals surface area contributed by atoms with Gasteiger partial charge in [0.1, 0.15) is 0 Å². The lowest BCUT2D eigenvalue weighted by Crippen LogP contribution is -2.21. The lowest BCUT2D eigenvalue weighted by Gasteiger charge is -2.11. The minimum absolute atomic E-state index is 0.309. The summed E-state index contributed by atoms with van der Waals surface area (Å²) < 4.78 is 8.87. The van der Waals surface area contributed by atoms with Gasteiger partial charge in [0, 0.05) is 30.3 Å². The number of methoxy groups -OCH3 is 1. The van der Waals surface area contributed by atoms with Gasteiger partial charge in [0.2, 0.25) is 11.5 Å². The first-order valence-corrected chi connectivity index (χ1v) is 10.1. The standard InChI is InChI=1S/C25H20N6O/c1-15-4-5-16(12-26)10-21(15)31-24-19-11-17(18-7-9-23(32-3)29-13-18)6-8-20(19)28-14-22(24)30(2)25(31)27/h4-11,13-14,27H,1-3H3. The summed E-state index contributed by atoms with van der Waals surface area (Å²) in [5, 5.41) is 19.2. The average Bonchev–Trinajstić information content (AvgIpc) is 3.09. The Morgan fingerprint density at radius 3 is 2.53 bits per heavy atom. The van der Waals surface area contributed by atoms with Crippen molar-refractivity contribution < 1.29 is 4.74 Å². The van der Waals surface area contributed by atoms with E-state index in [1.54, 1.807) is 25.6 Å². The van der Waals surface area contributed by atoms with E-state index < -0.39 is 0 Å². The summed E-state index contributed by atoms with van der Waals surface area (Å²) in [6.45, 7) is 1.99. The zero-order valence-corrected chi connectivity index (χ0v) is 17.9. The molecule has 0 aliphatic rings. The van der Waals surface area contributed by atoms with Crippen molar-refractivity contribution in [2.75, 3.05) is 7.11 Å². The molecule has 156 valence electrons. The van der Waals surface area contributed by atoms with Crippen molar-refractivity contribution in [3.05, 3.63) is 77.7 Å². The molecule has 0 unspecified atom stereocenters. The summed E-state index contributed by atoms with van der Waals surface area (Å²) in [5.74, 6) is 0.561. The maximum atomic E-state index is 9.42. The summed E-state index contributed by atoms with van der Waals surface area (Å²) in [6.07, 6.45) is 3.58. The third-order valence-corrected chi connectivity index (χ3v) is 5.79. The van der Waals surface area contributed by atoms with Crippen LogP contribution < -0.4 is 10.4 Å². The molecule has 5 rings (SSSR count). The summed E-state index contributed by atoms with van der Waals surface area (Å²) in [4.78, 5) is 8.95. The van der Waals surface area contributed by atoms with Crippen LogP contribution in [-0.4, -0.2) is 26.2 Å². The lowest BCUT2D eigenvalue weighted by atomic mass is 10.0. The van der Waals surface area contributed by atoms with E-state index in [1.807, 2.05) is 59.5 Å². The van der Waals surface area contributed by atoms with Crippen LogP contribution in [0.1, 0.15) is 11.1 Å². The van der Waals surface area contributed by atoms with Crippen molar-refractivity contribution >= 4 is 21.9 Å². The van der Waals surface area contributed by atoms with Gasteiger partial charge in [-0.1, -0.05) is 12.1 Å². The molecule has 5 aromatic rings. The molecule has 0 atom stereocenters. The fourth-order valence-electron chi connectivity index (χ4n) is 4.02. The first kappa shape index (κ1) is 19.5. The van der Waals surface area contributed by atoms with Crippen molar-refractivity contribution in [2.45, 2.75) is 6.92 Å². The number of fused-ring (bicyclic) bond motifs is 3. The fraction of sp³-hybridized carbons (Fsp3) is 0.120. The maximum Gasteiger partial charge on any atom is 0.212 e. The third kappa shape index (κ3) is 2.93. The first-order valence-electron chi connectivity index (χ1n) is 10.1. The predicted octanol–water partition coefficient (Wildman–Crippen LogP) is 4.25. The van der Waals surface area contributed by atoms with Crippen LogP contribution in [0.15, 0.2) is 60.9 Å². The molecule has 3 aromatic heterocycles. The number of nitrogens with zero attached hydrogens (tertiary/aromatic N) is 5. The number of aryl methyl sites for hydroxylation is 2. The molecule has 0 radical (unpaired) electrons. The lowest BCUT2D eigenvalue weighted by molar-refractivity contribution is 0.398. The van der Waals surface area contributed by atoms with Gasteiger partial charge in [0.25, 0.3) is 0 Å². The second kappa shape index (κ2) is 7.36. The van der Waals surface area contributed by atoms with E-state index in [2.05, 4.69) is 22.1 Å². The summed E-state index contributed by atoms with van der Waals surface area (Å²) >= 11 is 0. The molecule has 0 bridgehead atoms. The molecule has 0 spiro atoms. The molecule has 7 nitrogen and oxygen atoms in total. The van der Waals surface area contributed by atoms with Gasteiger partial charge in [-0.15, -0.1) is 0 Å². The van der Waals surface area contributed by atoms with Crippen LogP contribution in [0.5, 0.6) is 5.88 Å². The van der Waals surface area contributed by atoms with Crippen LogP contribution in [0.4, 0.5) is 0 Å². The number of rotatable bonds is 3. The van der Waals surface area contributed by atoms with E-state index in [4.69, 9.17) is 10.1 Å².